The predicted octanol–water partition coefficient (Wildman–Crippen LogP) is 7.90. The molecule has 1 aliphatic rings. The van der Waals surface area contributed by atoms with Crippen molar-refractivity contribution in [2.75, 3.05) is 13.1 Å². The highest BCUT2D eigenvalue weighted by Crippen LogP contribution is 2.41. The van der Waals surface area contributed by atoms with E-state index in [9.17, 15) is 4.79 Å². The van der Waals surface area contributed by atoms with E-state index in [4.69, 9.17) is 49.0 Å². The molecule has 4 rings (SSSR count). The van der Waals surface area contributed by atoms with Crippen LogP contribution in [-0.2, 0) is 33.0 Å². The van der Waals surface area contributed by atoms with E-state index in [0.717, 1.165) is 16.7 Å². The maximum absolute atomic E-state index is 12.8. The van der Waals surface area contributed by atoms with Gasteiger partial charge in [0.2, 0.25) is 0 Å². The number of hydrogen-bond donors (Lipinski definition) is 0. The number of carbonyl (C=O) groups excluding carboxylic acids is 1. The highest BCUT2D eigenvalue weighted by Gasteiger charge is 2.48. The molecule has 8 heteroatoms. The van der Waals surface area contributed by atoms with Gasteiger partial charge in [0.15, 0.2) is 0 Å². The molecule has 37 heavy (non-hydrogen) atoms. The van der Waals surface area contributed by atoms with Gasteiger partial charge in [0.25, 0.3) is 0 Å². The van der Waals surface area contributed by atoms with Gasteiger partial charge in [0.05, 0.1) is 35.9 Å². The van der Waals surface area contributed by atoms with E-state index < -0.39 is 11.7 Å². The number of halogens is 3. The summed E-state index contributed by atoms with van der Waals surface area (Å²) in [5.74, 6) is 0. The molecular weight excluding hydrogens is 533 g/mol. The summed E-state index contributed by atoms with van der Waals surface area (Å²) in [5, 5.41) is 1.57. The van der Waals surface area contributed by atoms with Gasteiger partial charge in [-0.25, -0.2) is 4.79 Å². The minimum atomic E-state index is -0.828. The highest BCUT2D eigenvalue weighted by molar-refractivity contribution is 6.42. The summed E-state index contributed by atoms with van der Waals surface area (Å²) in [6, 6.07) is 23.0. The predicted molar refractivity (Wildman–Crippen MR) is 147 cm³/mol. The third-order valence-corrected chi connectivity index (χ3v) is 7.35. The fraction of sp³-hybridized carbons (Fsp3) is 0.345. The Hall–Kier alpha value is -2.28. The maximum Gasteiger partial charge on any atom is 0.410 e. The average Bonchev–Trinajstić information content (AvgIpc) is 2.89. The molecule has 3 aromatic carbocycles. The summed E-state index contributed by atoms with van der Waals surface area (Å²) in [6.45, 7) is 5.06. The number of rotatable bonds is 8. The van der Waals surface area contributed by atoms with E-state index in [2.05, 4.69) is 0 Å². The van der Waals surface area contributed by atoms with Crippen LogP contribution in [0.4, 0.5) is 4.79 Å². The van der Waals surface area contributed by atoms with Gasteiger partial charge in [-0.3, -0.25) is 0 Å². The number of likely N-dealkylation sites (tertiary alicyclic amines) is 1. The van der Waals surface area contributed by atoms with Crippen LogP contribution >= 0.6 is 34.8 Å². The topological polar surface area (TPSA) is 48.0 Å². The Morgan fingerprint density at radius 2 is 1.68 bits per heavy atom. The second kappa shape index (κ2) is 12.5. The van der Waals surface area contributed by atoms with Gasteiger partial charge in [-0.2, -0.15) is 0 Å². The monoisotopic (exact) mass is 561 g/mol. The van der Waals surface area contributed by atoms with Crippen LogP contribution < -0.4 is 0 Å². The van der Waals surface area contributed by atoms with Crippen LogP contribution in [0, 0.1) is 0 Å². The number of benzene rings is 3. The summed E-state index contributed by atoms with van der Waals surface area (Å²) in [6.07, 6.45) is -0.577. The van der Waals surface area contributed by atoms with Crippen molar-refractivity contribution in [2.45, 2.75) is 51.3 Å². The van der Waals surface area contributed by atoms with Gasteiger partial charge >= 0.3 is 6.09 Å². The lowest BCUT2D eigenvalue weighted by molar-refractivity contribution is -0.190. The molecule has 1 saturated heterocycles. The molecule has 0 N–H and O–H groups in total. The summed E-state index contributed by atoms with van der Waals surface area (Å²) in [7, 11) is 0. The van der Waals surface area contributed by atoms with Crippen molar-refractivity contribution in [1.29, 1.82) is 0 Å². The molecular formula is C29H30Cl3NO4. The Balaban J connectivity index is 1.67. The third kappa shape index (κ3) is 6.98. The van der Waals surface area contributed by atoms with Crippen LogP contribution in [0.5, 0.6) is 0 Å². The minimum absolute atomic E-state index is 0.222. The molecule has 0 saturated carbocycles. The number of hydrogen-bond acceptors (Lipinski definition) is 4. The quantitative estimate of drug-likeness (QED) is 0.280. The van der Waals surface area contributed by atoms with E-state index in [0.29, 0.717) is 41.2 Å². The third-order valence-electron chi connectivity index (χ3n) is 6.36. The molecule has 1 amide bonds. The number of ether oxygens (including phenoxy) is 3. The van der Waals surface area contributed by atoms with Crippen molar-refractivity contribution in [2.24, 2.45) is 0 Å². The molecule has 1 heterocycles. The van der Waals surface area contributed by atoms with Crippen molar-refractivity contribution in [3.63, 3.8) is 0 Å². The first-order valence-corrected chi connectivity index (χ1v) is 13.4. The molecule has 0 radical (unpaired) electrons. The average molecular weight is 563 g/mol. The van der Waals surface area contributed by atoms with Gasteiger partial charge in [-0.05, 0) is 54.8 Å². The van der Waals surface area contributed by atoms with Crippen molar-refractivity contribution in [3.05, 3.63) is 105 Å². The lowest BCUT2D eigenvalue weighted by atomic mass is 9.81. The zero-order valence-corrected chi connectivity index (χ0v) is 23.1. The summed E-state index contributed by atoms with van der Waals surface area (Å²) in [5.41, 5.74) is 2.01. The lowest BCUT2D eigenvalue weighted by Crippen LogP contribution is -2.57. The Morgan fingerprint density at radius 3 is 2.35 bits per heavy atom. The van der Waals surface area contributed by atoms with Crippen molar-refractivity contribution in [1.82, 2.24) is 4.90 Å². The molecule has 0 aliphatic carbocycles. The summed E-state index contributed by atoms with van der Waals surface area (Å²) >= 11 is 18.6. The SMILES string of the molecule is CC(C)OC(=O)N1CC[C@@](OCc2ccccc2)(c2ccc(Cl)cc2)[C@H](OCc2ccc(Cl)c(Cl)c2)C1. The van der Waals surface area contributed by atoms with Gasteiger partial charge < -0.3 is 19.1 Å². The molecule has 0 aromatic heterocycles. The Kier molecular flexibility index (Phi) is 9.38. The fourth-order valence-electron chi connectivity index (χ4n) is 4.45. The van der Waals surface area contributed by atoms with Crippen LogP contribution in [0.25, 0.3) is 0 Å². The largest absolute Gasteiger partial charge is 0.447 e. The molecule has 5 nitrogen and oxygen atoms in total. The minimum Gasteiger partial charge on any atom is -0.447 e. The van der Waals surface area contributed by atoms with Crippen molar-refractivity contribution < 1.29 is 19.0 Å². The number of piperidine rings is 1. The van der Waals surface area contributed by atoms with E-state index in [1.54, 1.807) is 17.0 Å². The normalized spacial score (nSPS) is 19.7. The van der Waals surface area contributed by atoms with Crippen LogP contribution in [0.3, 0.4) is 0 Å². The highest BCUT2D eigenvalue weighted by atomic mass is 35.5. The second-order valence-electron chi connectivity index (χ2n) is 9.35. The fourth-order valence-corrected chi connectivity index (χ4v) is 4.90. The molecule has 1 aliphatic heterocycles. The number of carbonyl (C=O) groups is 1. The van der Waals surface area contributed by atoms with E-state index >= 15 is 0 Å². The van der Waals surface area contributed by atoms with Crippen LogP contribution in [-0.4, -0.2) is 36.3 Å². The summed E-state index contributed by atoms with van der Waals surface area (Å²) in [4.78, 5) is 14.5. The zero-order chi connectivity index (χ0) is 26.4. The Labute approximate surface area is 233 Å². The maximum atomic E-state index is 12.8. The molecule has 1 fully saturated rings. The first-order chi connectivity index (χ1) is 17.8. The second-order valence-corrected chi connectivity index (χ2v) is 10.6. The Morgan fingerprint density at radius 1 is 0.946 bits per heavy atom. The molecule has 3 aromatic rings. The van der Waals surface area contributed by atoms with Gasteiger partial charge in [0.1, 0.15) is 11.7 Å². The van der Waals surface area contributed by atoms with Gasteiger partial charge in [-0.15, -0.1) is 0 Å². The van der Waals surface area contributed by atoms with E-state index in [1.165, 1.54) is 0 Å². The molecule has 2 atom stereocenters. The molecule has 196 valence electrons. The van der Waals surface area contributed by atoms with Crippen LogP contribution in [0.2, 0.25) is 15.1 Å². The van der Waals surface area contributed by atoms with Gasteiger partial charge in [0, 0.05) is 18.0 Å². The Bertz CT molecular complexity index is 1190. The zero-order valence-electron chi connectivity index (χ0n) is 20.8. The summed E-state index contributed by atoms with van der Waals surface area (Å²) < 4.78 is 18.8. The lowest BCUT2D eigenvalue weighted by Gasteiger charge is -2.47. The van der Waals surface area contributed by atoms with E-state index in [-0.39, 0.29) is 18.8 Å². The standard InChI is InChI=1S/C29H30Cl3NO4/c1-20(2)37-28(34)33-15-14-29(23-9-11-24(30)12-10-23,36-19-21-6-4-3-5-7-21)27(17-33)35-18-22-8-13-25(31)26(32)16-22/h3-13,16,20,27H,14-15,17-19H2,1-2H3/t27-,29-/m1/s1. The number of amides is 1. The first-order valence-electron chi connectivity index (χ1n) is 12.2. The number of nitrogens with zero attached hydrogens (tertiary/aromatic N) is 1. The molecule has 0 bridgehead atoms. The smallest absolute Gasteiger partial charge is 0.410 e. The van der Waals surface area contributed by atoms with Crippen LogP contribution in [0.15, 0.2) is 72.8 Å². The van der Waals surface area contributed by atoms with Crippen LogP contribution in [0.1, 0.15) is 37.0 Å². The first kappa shape index (κ1) is 27.7. The van der Waals surface area contributed by atoms with Crippen molar-refractivity contribution >= 4 is 40.9 Å². The van der Waals surface area contributed by atoms with E-state index in [1.807, 2.05) is 74.5 Å². The molecule has 0 unspecified atom stereocenters. The van der Waals surface area contributed by atoms with Crippen molar-refractivity contribution in [3.8, 4) is 0 Å². The molecule has 0 spiro atoms. The van der Waals surface area contributed by atoms with Gasteiger partial charge in [-0.1, -0.05) is 83.3 Å².